The number of aryl methyl sites for hydroxylation is 1. The van der Waals surface area contributed by atoms with E-state index in [4.69, 9.17) is 18.9 Å². The van der Waals surface area contributed by atoms with Gasteiger partial charge in [0.05, 0.1) is 27.4 Å². The Morgan fingerprint density at radius 2 is 1.32 bits per heavy atom. The van der Waals surface area contributed by atoms with E-state index < -0.39 is 12.0 Å². The topological polar surface area (TPSA) is 78.2 Å². The zero-order valence-electron chi connectivity index (χ0n) is 28.7. The fourth-order valence-corrected chi connectivity index (χ4v) is 5.38. The summed E-state index contributed by atoms with van der Waals surface area (Å²) in [7, 11) is 5.03. The zero-order valence-corrected chi connectivity index (χ0v) is 30.8. The lowest BCUT2D eigenvalue weighted by atomic mass is 10.1. The van der Waals surface area contributed by atoms with Crippen molar-refractivity contribution in [3.05, 3.63) is 83.7 Å². The molecule has 0 spiro atoms. The average Bonchev–Trinajstić information content (AvgIpc) is 3.08. The molecule has 47 heavy (non-hydrogen) atoms. The Labute approximate surface area is 298 Å². The highest BCUT2D eigenvalue weighted by Gasteiger charge is 2.26. The van der Waals surface area contributed by atoms with Crippen molar-refractivity contribution >= 4 is 12.0 Å². The number of ether oxygens (including phenoxy) is 4. The first-order valence-corrected chi connectivity index (χ1v) is 16.8. The molecule has 0 saturated carbocycles. The smallest absolute Gasteiger partial charge is 0.417 e. The number of methoxy groups -OCH3 is 2. The summed E-state index contributed by atoms with van der Waals surface area (Å²) in [6, 6.07) is 16.0. The molecule has 0 unspecified atom stereocenters. The van der Waals surface area contributed by atoms with Crippen molar-refractivity contribution in [3.8, 4) is 17.2 Å². The van der Waals surface area contributed by atoms with Crippen LogP contribution in [0.1, 0.15) is 105 Å². The Bertz CT molecular complexity index is 1310. The second-order valence-corrected chi connectivity index (χ2v) is 11.8. The van der Waals surface area contributed by atoms with Crippen molar-refractivity contribution in [1.29, 1.82) is 0 Å². The van der Waals surface area contributed by atoms with Crippen LogP contribution in [0.15, 0.2) is 67.0 Å². The second-order valence-electron chi connectivity index (χ2n) is 11.8. The molecule has 2 amide bonds. The van der Waals surface area contributed by atoms with Crippen molar-refractivity contribution in [2.45, 2.75) is 97.1 Å². The molecular formula is C38H53IN2O6. The molecule has 0 atom stereocenters. The van der Waals surface area contributed by atoms with Gasteiger partial charge in [0.1, 0.15) is 13.7 Å². The number of aromatic nitrogens is 1. The monoisotopic (exact) mass is 760 g/mol. The lowest BCUT2D eigenvalue weighted by Gasteiger charge is -2.21. The number of halogens is 1. The molecular weight excluding hydrogens is 707 g/mol. The normalized spacial score (nSPS) is 10.6. The summed E-state index contributed by atoms with van der Waals surface area (Å²) >= 11 is 0. The molecule has 9 heteroatoms. The number of pyridine rings is 1. The number of imide groups is 1. The highest BCUT2D eigenvalue weighted by Crippen LogP contribution is 2.39. The minimum absolute atomic E-state index is 0. The van der Waals surface area contributed by atoms with Crippen LogP contribution in [-0.2, 0) is 24.9 Å². The summed E-state index contributed by atoms with van der Waals surface area (Å²) in [5.41, 5.74) is 1.85. The number of unbranched alkanes of at least 4 members (excludes halogenated alkanes) is 11. The lowest BCUT2D eigenvalue weighted by molar-refractivity contribution is -0.672. The Balaban J connectivity index is 0.00000768. The van der Waals surface area contributed by atoms with E-state index >= 15 is 0 Å². The Morgan fingerprint density at radius 1 is 0.745 bits per heavy atom. The predicted molar refractivity (Wildman–Crippen MR) is 180 cm³/mol. The molecule has 0 fully saturated rings. The molecule has 1 heterocycles. The van der Waals surface area contributed by atoms with E-state index in [-0.39, 0.29) is 37.1 Å². The molecule has 0 saturated heterocycles. The van der Waals surface area contributed by atoms with Gasteiger partial charge in [0.25, 0.3) is 5.91 Å². The first-order chi connectivity index (χ1) is 22.5. The van der Waals surface area contributed by atoms with E-state index in [0.29, 0.717) is 35.0 Å². The second kappa shape index (κ2) is 23.1. The number of amides is 2. The summed E-state index contributed by atoms with van der Waals surface area (Å²) in [5.74, 6) is 1.09. The third-order valence-corrected chi connectivity index (χ3v) is 7.95. The Hall–Kier alpha value is -3.34. The van der Waals surface area contributed by atoms with Gasteiger partial charge >= 0.3 is 6.09 Å². The highest BCUT2D eigenvalue weighted by atomic mass is 127. The fraction of sp³-hybridized carbons (Fsp3) is 0.500. The maximum Gasteiger partial charge on any atom is 0.417 e. The van der Waals surface area contributed by atoms with Gasteiger partial charge < -0.3 is 42.9 Å². The van der Waals surface area contributed by atoms with Crippen molar-refractivity contribution in [1.82, 2.24) is 4.90 Å². The number of benzene rings is 2. The summed E-state index contributed by atoms with van der Waals surface area (Å²) in [6.45, 7) is 2.81. The van der Waals surface area contributed by atoms with Crippen molar-refractivity contribution in [2.24, 2.45) is 7.05 Å². The van der Waals surface area contributed by atoms with Crippen LogP contribution < -0.4 is 42.8 Å². The lowest BCUT2D eigenvalue weighted by Crippen LogP contribution is -3.00. The van der Waals surface area contributed by atoms with Crippen molar-refractivity contribution < 1.29 is 57.1 Å². The molecule has 0 radical (unpaired) electrons. The molecule has 0 aliphatic heterocycles. The van der Waals surface area contributed by atoms with E-state index in [1.165, 1.54) is 64.2 Å². The van der Waals surface area contributed by atoms with Crippen LogP contribution in [-0.4, -0.2) is 37.7 Å². The van der Waals surface area contributed by atoms with Gasteiger partial charge in [0.2, 0.25) is 5.75 Å². The number of carbonyl (C=O) groups is 2. The average molecular weight is 761 g/mol. The third-order valence-electron chi connectivity index (χ3n) is 7.95. The minimum atomic E-state index is -0.745. The van der Waals surface area contributed by atoms with Gasteiger partial charge in [0.15, 0.2) is 23.9 Å². The van der Waals surface area contributed by atoms with Gasteiger partial charge in [-0.05, 0) is 42.3 Å². The summed E-state index contributed by atoms with van der Waals surface area (Å²) in [4.78, 5) is 27.8. The number of hydrogen-bond acceptors (Lipinski definition) is 6. The molecule has 8 nitrogen and oxygen atoms in total. The van der Waals surface area contributed by atoms with Crippen LogP contribution in [0.4, 0.5) is 4.79 Å². The molecule has 0 aliphatic carbocycles. The molecule has 0 aliphatic rings. The summed E-state index contributed by atoms with van der Waals surface area (Å²) < 4.78 is 24.9. The van der Waals surface area contributed by atoms with Gasteiger partial charge in [-0.15, -0.1) is 0 Å². The van der Waals surface area contributed by atoms with Crippen LogP contribution >= 0.6 is 0 Å². The summed E-state index contributed by atoms with van der Waals surface area (Å²) in [5, 5.41) is 0. The molecule has 3 rings (SSSR count). The molecule has 0 bridgehead atoms. The minimum Gasteiger partial charge on any atom is -1.00 e. The van der Waals surface area contributed by atoms with Gasteiger partial charge in [-0.25, -0.2) is 14.3 Å². The van der Waals surface area contributed by atoms with Gasteiger partial charge in [-0.1, -0.05) is 95.8 Å². The predicted octanol–water partition coefficient (Wildman–Crippen LogP) is 5.59. The first-order valence-electron chi connectivity index (χ1n) is 16.8. The molecule has 3 aromatic rings. The Morgan fingerprint density at radius 3 is 1.87 bits per heavy atom. The van der Waals surface area contributed by atoms with Crippen LogP contribution in [0.5, 0.6) is 17.2 Å². The SMILES string of the molecule is CCCCCCCCCCCCCCOc1c(OC)cc(COC(=O)N(Cc2ccc[n+](C)c2)C(=O)c2ccccc2)cc1OC.[I-]. The Kier molecular flexibility index (Phi) is 19.5. The number of nitrogens with zero attached hydrogens (tertiary/aromatic N) is 2. The standard InChI is InChI=1S/C38H53N2O6.HI/c1-5-6-7-8-9-10-11-12-13-14-15-19-25-45-36-34(43-3)26-32(27-35(36)44-4)30-46-38(42)40(29-31-21-20-24-39(2)28-31)37(41)33-22-17-16-18-23-33;/h16-18,20-24,26-28H,5-15,19,25,29-30H2,1-4H3;1H/q+1;/p-1. The number of rotatable bonds is 21. The molecule has 0 N–H and O–H groups in total. The number of carbonyl (C=O) groups excluding carboxylic acids is 2. The van der Waals surface area contributed by atoms with Crippen molar-refractivity contribution in [2.75, 3.05) is 20.8 Å². The van der Waals surface area contributed by atoms with Crippen LogP contribution in [0.2, 0.25) is 0 Å². The first kappa shape index (κ1) is 39.8. The maximum absolute atomic E-state index is 13.4. The molecule has 2 aromatic carbocycles. The van der Waals surface area contributed by atoms with Crippen LogP contribution in [0.3, 0.4) is 0 Å². The van der Waals surface area contributed by atoms with Gasteiger partial charge in [-0.3, -0.25) is 4.79 Å². The summed E-state index contributed by atoms with van der Waals surface area (Å²) in [6.07, 6.45) is 18.4. The molecule has 258 valence electrons. The van der Waals surface area contributed by atoms with E-state index in [2.05, 4.69) is 6.92 Å². The third kappa shape index (κ3) is 14.1. The van der Waals surface area contributed by atoms with Crippen molar-refractivity contribution in [3.63, 3.8) is 0 Å². The highest BCUT2D eigenvalue weighted by molar-refractivity contribution is 6.02. The van der Waals surface area contributed by atoms with E-state index in [1.54, 1.807) is 50.6 Å². The maximum atomic E-state index is 13.4. The van der Waals surface area contributed by atoms with E-state index in [0.717, 1.165) is 23.3 Å². The van der Waals surface area contributed by atoms with Gasteiger partial charge in [-0.2, -0.15) is 0 Å². The largest absolute Gasteiger partial charge is 1.00 e. The van der Waals surface area contributed by atoms with E-state index in [9.17, 15) is 9.59 Å². The number of hydrogen-bond donors (Lipinski definition) is 0. The fourth-order valence-electron chi connectivity index (χ4n) is 5.38. The zero-order chi connectivity index (χ0) is 33.0. The van der Waals surface area contributed by atoms with E-state index in [1.807, 2.05) is 42.2 Å². The van der Waals surface area contributed by atoms with Crippen LogP contribution in [0.25, 0.3) is 0 Å². The quantitative estimate of drug-likeness (QED) is 0.0801. The van der Waals surface area contributed by atoms with Crippen LogP contribution in [0, 0.1) is 0 Å². The van der Waals surface area contributed by atoms with Gasteiger partial charge in [0, 0.05) is 17.2 Å². The molecule has 1 aromatic heterocycles.